The molecule has 0 fully saturated rings. The standard InChI is InChI=1S/C14H25N3/c1-11(14(5,6)7)16-12-8-9-15-17(12)10-13(2,3)4/h8-9H,10H2,1-7H3/b16-11+. The van der Waals surface area contributed by atoms with Gasteiger partial charge in [0, 0.05) is 23.7 Å². The number of hydrogen-bond donors (Lipinski definition) is 0. The largest absolute Gasteiger partial charge is 0.247 e. The van der Waals surface area contributed by atoms with E-state index in [1.165, 1.54) is 0 Å². The van der Waals surface area contributed by atoms with Gasteiger partial charge in [0.1, 0.15) is 5.82 Å². The summed E-state index contributed by atoms with van der Waals surface area (Å²) in [4.78, 5) is 4.69. The average molecular weight is 235 g/mol. The van der Waals surface area contributed by atoms with Crippen LogP contribution in [0.3, 0.4) is 0 Å². The summed E-state index contributed by atoms with van der Waals surface area (Å²) in [6.07, 6.45) is 1.82. The van der Waals surface area contributed by atoms with Gasteiger partial charge in [-0.3, -0.25) is 0 Å². The van der Waals surface area contributed by atoms with E-state index in [0.29, 0.717) is 0 Å². The first-order valence-electron chi connectivity index (χ1n) is 6.17. The summed E-state index contributed by atoms with van der Waals surface area (Å²) >= 11 is 0. The highest BCUT2D eigenvalue weighted by Gasteiger charge is 2.17. The zero-order valence-electron chi connectivity index (χ0n) is 12.2. The van der Waals surface area contributed by atoms with Gasteiger partial charge in [0.2, 0.25) is 0 Å². The Labute approximate surface area is 105 Å². The quantitative estimate of drug-likeness (QED) is 0.711. The van der Waals surface area contributed by atoms with Gasteiger partial charge in [0.15, 0.2) is 0 Å². The molecular formula is C14H25N3. The van der Waals surface area contributed by atoms with Gasteiger partial charge in [-0.2, -0.15) is 5.10 Å². The molecule has 0 bridgehead atoms. The highest BCUT2D eigenvalue weighted by Crippen LogP contribution is 2.23. The van der Waals surface area contributed by atoms with Gasteiger partial charge in [0.25, 0.3) is 0 Å². The molecule has 3 nitrogen and oxygen atoms in total. The van der Waals surface area contributed by atoms with Crippen molar-refractivity contribution in [3.63, 3.8) is 0 Å². The SMILES string of the molecule is C/C(=N\c1ccnn1CC(C)(C)C)C(C)(C)C. The molecule has 1 heterocycles. The van der Waals surface area contributed by atoms with Crippen LogP contribution in [-0.4, -0.2) is 15.5 Å². The van der Waals surface area contributed by atoms with Crippen molar-refractivity contribution in [2.45, 2.75) is 55.0 Å². The van der Waals surface area contributed by atoms with E-state index in [9.17, 15) is 0 Å². The molecule has 0 aliphatic carbocycles. The van der Waals surface area contributed by atoms with Crippen LogP contribution in [0.5, 0.6) is 0 Å². The van der Waals surface area contributed by atoms with Crippen LogP contribution in [0.15, 0.2) is 17.3 Å². The van der Waals surface area contributed by atoms with Crippen molar-refractivity contribution in [1.29, 1.82) is 0 Å². The Morgan fingerprint density at radius 2 is 1.82 bits per heavy atom. The second kappa shape index (κ2) is 4.63. The summed E-state index contributed by atoms with van der Waals surface area (Å²) in [7, 11) is 0. The predicted octanol–water partition coefficient (Wildman–Crippen LogP) is 4.07. The fourth-order valence-electron chi connectivity index (χ4n) is 1.33. The topological polar surface area (TPSA) is 30.2 Å². The van der Waals surface area contributed by atoms with E-state index >= 15 is 0 Å². The van der Waals surface area contributed by atoms with Gasteiger partial charge in [-0.1, -0.05) is 41.5 Å². The van der Waals surface area contributed by atoms with Crippen molar-refractivity contribution in [1.82, 2.24) is 9.78 Å². The van der Waals surface area contributed by atoms with E-state index < -0.39 is 0 Å². The Kier molecular flexibility index (Phi) is 3.80. The fraction of sp³-hybridized carbons (Fsp3) is 0.714. The minimum Gasteiger partial charge on any atom is -0.247 e. The lowest BCUT2D eigenvalue weighted by molar-refractivity contribution is 0.327. The molecule has 96 valence electrons. The second-order valence-electron chi connectivity index (χ2n) is 6.85. The van der Waals surface area contributed by atoms with Crippen molar-refractivity contribution < 1.29 is 0 Å². The summed E-state index contributed by atoms with van der Waals surface area (Å²) in [5.74, 6) is 0.951. The Hall–Kier alpha value is -1.12. The van der Waals surface area contributed by atoms with E-state index in [4.69, 9.17) is 4.99 Å². The van der Waals surface area contributed by atoms with E-state index in [-0.39, 0.29) is 10.8 Å². The minimum atomic E-state index is 0.108. The van der Waals surface area contributed by atoms with Crippen molar-refractivity contribution in [3.8, 4) is 0 Å². The minimum absolute atomic E-state index is 0.108. The lowest BCUT2D eigenvalue weighted by Crippen LogP contribution is -2.18. The van der Waals surface area contributed by atoms with E-state index in [0.717, 1.165) is 18.1 Å². The zero-order valence-corrected chi connectivity index (χ0v) is 12.2. The Balaban J connectivity index is 2.98. The van der Waals surface area contributed by atoms with Crippen LogP contribution in [0, 0.1) is 10.8 Å². The number of rotatable bonds is 2. The van der Waals surface area contributed by atoms with Gasteiger partial charge in [-0.25, -0.2) is 9.67 Å². The number of aliphatic imine (C=N–C) groups is 1. The fourth-order valence-corrected chi connectivity index (χ4v) is 1.33. The maximum atomic E-state index is 4.69. The molecule has 1 aromatic heterocycles. The van der Waals surface area contributed by atoms with Crippen molar-refractivity contribution >= 4 is 11.5 Å². The molecule has 0 unspecified atom stereocenters. The molecule has 0 saturated heterocycles. The second-order valence-corrected chi connectivity index (χ2v) is 6.85. The molecule has 0 aliphatic heterocycles. The molecule has 0 saturated carbocycles. The third kappa shape index (κ3) is 4.33. The van der Waals surface area contributed by atoms with Gasteiger partial charge in [0.05, 0.1) is 6.20 Å². The van der Waals surface area contributed by atoms with Gasteiger partial charge < -0.3 is 0 Å². The third-order valence-electron chi connectivity index (χ3n) is 2.69. The molecule has 0 atom stereocenters. The van der Waals surface area contributed by atoms with E-state index in [1.54, 1.807) is 0 Å². The van der Waals surface area contributed by atoms with E-state index in [1.807, 2.05) is 16.9 Å². The molecule has 1 aromatic rings. The number of nitrogens with zero attached hydrogens (tertiary/aromatic N) is 3. The smallest absolute Gasteiger partial charge is 0.150 e. The lowest BCUT2D eigenvalue weighted by Gasteiger charge is -2.20. The predicted molar refractivity (Wildman–Crippen MR) is 73.9 cm³/mol. The number of hydrogen-bond acceptors (Lipinski definition) is 2. The Morgan fingerprint density at radius 3 is 2.29 bits per heavy atom. The van der Waals surface area contributed by atoms with Crippen LogP contribution in [0.4, 0.5) is 5.82 Å². The normalized spacial score (nSPS) is 14.2. The molecule has 17 heavy (non-hydrogen) atoms. The van der Waals surface area contributed by atoms with Crippen LogP contribution in [0.2, 0.25) is 0 Å². The van der Waals surface area contributed by atoms with Crippen LogP contribution in [0.1, 0.15) is 48.5 Å². The number of aromatic nitrogens is 2. The molecule has 0 aliphatic rings. The highest BCUT2D eigenvalue weighted by atomic mass is 15.3. The summed E-state index contributed by atoms with van der Waals surface area (Å²) in [6.45, 7) is 16.1. The molecule has 0 spiro atoms. The first-order chi connectivity index (χ1) is 7.59. The summed E-state index contributed by atoms with van der Waals surface area (Å²) in [6, 6.07) is 1.97. The lowest BCUT2D eigenvalue weighted by atomic mass is 9.91. The van der Waals surface area contributed by atoms with Crippen molar-refractivity contribution in [2.75, 3.05) is 0 Å². The summed E-state index contributed by atoms with van der Waals surface area (Å²) in [5, 5.41) is 4.35. The molecular weight excluding hydrogens is 210 g/mol. The molecule has 0 radical (unpaired) electrons. The molecule has 0 N–H and O–H groups in total. The summed E-state index contributed by atoms with van der Waals surface area (Å²) < 4.78 is 1.98. The molecule has 3 heteroatoms. The Bertz CT molecular complexity index is 400. The molecule has 1 rings (SSSR count). The highest BCUT2D eigenvalue weighted by molar-refractivity contribution is 5.88. The van der Waals surface area contributed by atoms with Crippen LogP contribution >= 0.6 is 0 Å². The first kappa shape index (κ1) is 13.9. The van der Waals surface area contributed by atoms with Crippen molar-refractivity contribution in [2.24, 2.45) is 15.8 Å². The van der Waals surface area contributed by atoms with Gasteiger partial charge in [-0.15, -0.1) is 0 Å². The van der Waals surface area contributed by atoms with Crippen LogP contribution < -0.4 is 0 Å². The monoisotopic (exact) mass is 235 g/mol. The first-order valence-corrected chi connectivity index (χ1v) is 6.17. The molecule has 0 amide bonds. The molecule has 0 aromatic carbocycles. The van der Waals surface area contributed by atoms with Gasteiger partial charge in [-0.05, 0) is 12.3 Å². The average Bonchev–Trinajstić information content (AvgIpc) is 2.48. The third-order valence-corrected chi connectivity index (χ3v) is 2.69. The van der Waals surface area contributed by atoms with E-state index in [2.05, 4.69) is 53.6 Å². The maximum absolute atomic E-state index is 4.69. The maximum Gasteiger partial charge on any atom is 0.150 e. The van der Waals surface area contributed by atoms with Crippen LogP contribution in [-0.2, 0) is 6.54 Å². The summed E-state index contributed by atoms with van der Waals surface area (Å²) in [5.41, 5.74) is 1.45. The zero-order chi connectivity index (χ0) is 13.3. The van der Waals surface area contributed by atoms with Gasteiger partial charge >= 0.3 is 0 Å². The van der Waals surface area contributed by atoms with Crippen LogP contribution in [0.25, 0.3) is 0 Å². The van der Waals surface area contributed by atoms with Crippen molar-refractivity contribution in [3.05, 3.63) is 12.3 Å². The Morgan fingerprint density at radius 1 is 1.24 bits per heavy atom.